The zero-order valence-electron chi connectivity index (χ0n) is 12.0. The Morgan fingerprint density at radius 1 is 1.09 bits per heavy atom. The van der Waals surface area contributed by atoms with Gasteiger partial charge in [0.05, 0.1) is 0 Å². The Bertz CT molecular complexity index is 1140. The van der Waals surface area contributed by atoms with Crippen LogP contribution < -0.4 is 11.2 Å². The predicted octanol–water partition coefficient (Wildman–Crippen LogP) is 1.11. The van der Waals surface area contributed by atoms with E-state index in [0.717, 1.165) is 21.0 Å². The van der Waals surface area contributed by atoms with Gasteiger partial charge in [-0.05, 0) is 24.3 Å². The lowest BCUT2D eigenvalue weighted by molar-refractivity contribution is 0.709. The number of nitrogens with one attached hydrogen (secondary N) is 2. The van der Waals surface area contributed by atoms with Gasteiger partial charge in [0.15, 0.2) is 5.65 Å². The SMILES string of the molecule is Cn1c(=O)c2[nH]c(-c3ccc4[nH]ccc4c3)nc2n(C)c1=O. The first-order valence-electron chi connectivity index (χ1n) is 6.79. The molecular formula is C15H13N5O2. The minimum absolute atomic E-state index is 0.328. The fourth-order valence-electron chi connectivity index (χ4n) is 2.66. The number of fused-ring (bicyclic) bond motifs is 2. The van der Waals surface area contributed by atoms with E-state index in [1.54, 1.807) is 7.05 Å². The van der Waals surface area contributed by atoms with E-state index in [9.17, 15) is 9.59 Å². The van der Waals surface area contributed by atoms with Crippen molar-refractivity contribution in [3.05, 3.63) is 51.3 Å². The lowest BCUT2D eigenvalue weighted by Gasteiger charge is -2.00. The van der Waals surface area contributed by atoms with E-state index in [4.69, 9.17) is 0 Å². The number of H-pyrrole nitrogens is 2. The van der Waals surface area contributed by atoms with Gasteiger partial charge in [-0.3, -0.25) is 13.9 Å². The first kappa shape index (κ1) is 12.6. The summed E-state index contributed by atoms with van der Waals surface area (Å²) >= 11 is 0. The molecule has 0 atom stereocenters. The van der Waals surface area contributed by atoms with Crippen LogP contribution in [-0.4, -0.2) is 24.1 Å². The monoisotopic (exact) mass is 295 g/mol. The van der Waals surface area contributed by atoms with E-state index in [0.29, 0.717) is 17.0 Å². The number of hydrogen-bond donors (Lipinski definition) is 2. The van der Waals surface area contributed by atoms with Gasteiger partial charge in [-0.1, -0.05) is 0 Å². The van der Waals surface area contributed by atoms with Crippen molar-refractivity contribution in [1.82, 2.24) is 24.1 Å². The van der Waals surface area contributed by atoms with Crippen LogP contribution in [0.1, 0.15) is 0 Å². The molecule has 110 valence electrons. The summed E-state index contributed by atoms with van der Waals surface area (Å²) in [6, 6.07) is 7.82. The smallest absolute Gasteiger partial charge is 0.332 e. The fraction of sp³-hybridized carbons (Fsp3) is 0.133. The number of nitrogens with zero attached hydrogens (tertiary/aromatic N) is 3. The number of hydrogen-bond acceptors (Lipinski definition) is 3. The molecule has 2 N–H and O–H groups in total. The van der Waals surface area contributed by atoms with Gasteiger partial charge in [-0.15, -0.1) is 0 Å². The second kappa shape index (κ2) is 4.20. The summed E-state index contributed by atoms with van der Waals surface area (Å²) in [5.41, 5.74) is 1.81. The van der Waals surface area contributed by atoms with Crippen LogP contribution in [0.25, 0.3) is 33.5 Å². The zero-order chi connectivity index (χ0) is 15.4. The number of rotatable bonds is 1. The third-order valence-electron chi connectivity index (χ3n) is 3.92. The highest BCUT2D eigenvalue weighted by Crippen LogP contribution is 2.22. The first-order chi connectivity index (χ1) is 10.6. The Morgan fingerprint density at radius 2 is 1.91 bits per heavy atom. The van der Waals surface area contributed by atoms with E-state index in [1.165, 1.54) is 11.6 Å². The molecule has 7 heteroatoms. The van der Waals surface area contributed by atoms with Crippen LogP contribution in [0.15, 0.2) is 40.1 Å². The van der Waals surface area contributed by atoms with E-state index in [-0.39, 0.29) is 5.56 Å². The van der Waals surface area contributed by atoms with Gasteiger partial charge in [0, 0.05) is 36.8 Å². The predicted molar refractivity (Wildman–Crippen MR) is 83.9 cm³/mol. The molecule has 1 aromatic carbocycles. The number of aryl methyl sites for hydroxylation is 1. The molecule has 0 aliphatic heterocycles. The normalized spacial score (nSPS) is 11.5. The van der Waals surface area contributed by atoms with Crippen molar-refractivity contribution in [2.45, 2.75) is 0 Å². The molecule has 22 heavy (non-hydrogen) atoms. The minimum Gasteiger partial charge on any atom is -0.361 e. The number of benzene rings is 1. The Kier molecular flexibility index (Phi) is 2.41. The second-order valence-corrected chi connectivity index (χ2v) is 5.27. The second-order valence-electron chi connectivity index (χ2n) is 5.27. The van der Waals surface area contributed by atoms with Gasteiger partial charge in [-0.2, -0.15) is 0 Å². The van der Waals surface area contributed by atoms with E-state index >= 15 is 0 Å². The van der Waals surface area contributed by atoms with Crippen LogP contribution in [0, 0.1) is 0 Å². The van der Waals surface area contributed by atoms with Gasteiger partial charge in [0.25, 0.3) is 5.56 Å². The third-order valence-corrected chi connectivity index (χ3v) is 3.92. The lowest BCUT2D eigenvalue weighted by Crippen LogP contribution is -2.36. The highest BCUT2D eigenvalue weighted by Gasteiger charge is 2.14. The van der Waals surface area contributed by atoms with Crippen molar-refractivity contribution >= 4 is 22.1 Å². The van der Waals surface area contributed by atoms with Crippen molar-refractivity contribution in [3.8, 4) is 11.4 Å². The lowest BCUT2D eigenvalue weighted by atomic mass is 10.1. The maximum atomic E-state index is 12.2. The van der Waals surface area contributed by atoms with Crippen LogP contribution in [0.4, 0.5) is 0 Å². The molecule has 0 spiro atoms. The Labute approximate surface area is 123 Å². The summed E-state index contributed by atoms with van der Waals surface area (Å²) in [6.45, 7) is 0. The quantitative estimate of drug-likeness (QED) is 0.551. The highest BCUT2D eigenvalue weighted by atomic mass is 16.2. The molecule has 0 aliphatic carbocycles. The van der Waals surface area contributed by atoms with Crippen LogP contribution in [-0.2, 0) is 14.1 Å². The standard InChI is InChI=1S/C15H13N5O2/c1-19-13-11(14(21)20(2)15(19)22)17-12(18-13)9-3-4-10-8(7-9)5-6-16-10/h3-7,16H,1-2H3,(H,17,18). The maximum absolute atomic E-state index is 12.2. The molecule has 0 unspecified atom stereocenters. The minimum atomic E-state index is -0.392. The molecule has 4 rings (SSSR count). The first-order valence-corrected chi connectivity index (χ1v) is 6.79. The largest absolute Gasteiger partial charge is 0.361 e. The van der Waals surface area contributed by atoms with Crippen LogP contribution >= 0.6 is 0 Å². The van der Waals surface area contributed by atoms with Crippen molar-refractivity contribution in [2.24, 2.45) is 14.1 Å². The van der Waals surface area contributed by atoms with E-state index < -0.39 is 5.69 Å². The van der Waals surface area contributed by atoms with Gasteiger partial charge in [0.2, 0.25) is 0 Å². The fourth-order valence-corrected chi connectivity index (χ4v) is 2.66. The molecule has 0 saturated carbocycles. The Hall–Kier alpha value is -3.09. The average Bonchev–Trinajstić information content (AvgIpc) is 3.16. The van der Waals surface area contributed by atoms with Gasteiger partial charge < -0.3 is 9.97 Å². The van der Waals surface area contributed by atoms with Crippen LogP contribution in [0.5, 0.6) is 0 Å². The van der Waals surface area contributed by atoms with Gasteiger partial charge >= 0.3 is 5.69 Å². The number of imidazole rings is 1. The van der Waals surface area contributed by atoms with Crippen molar-refractivity contribution in [1.29, 1.82) is 0 Å². The molecule has 7 nitrogen and oxygen atoms in total. The topological polar surface area (TPSA) is 88.5 Å². The summed E-state index contributed by atoms with van der Waals surface area (Å²) < 4.78 is 2.44. The number of aromatic amines is 2. The maximum Gasteiger partial charge on any atom is 0.332 e. The van der Waals surface area contributed by atoms with Crippen molar-refractivity contribution < 1.29 is 0 Å². The molecule has 0 saturated heterocycles. The Morgan fingerprint density at radius 3 is 2.73 bits per heavy atom. The molecule has 0 fully saturated rings. The summed E-state index contributed by atoms with van der Waals surface area (Å²) in [7, 11) is 3.06. The van der Waals surface area contributed by atoms with Gasteiger partial charge in [-0.25, -0.2) is 9.78 Å². The summed E-state index contributed by atoms with van der Waals surface area (Å²) in [6.07, 6.45) is 1.87. The van der Waals surface area contributed by atoms with Crippen LogP contribution in [0.3, 0.4) is 0 Å². The zero-order valence-corrected chi connectivity index (χ0v) is 12.0. The third kappa shape index (κ3) is 1.59. The highest BCUT2D eigenvalue weighted by molar-refractivity contribution is 5.85. The average molecular weight is 295 g/mol. The summed E-state index contributed by atoms with van der Waals surface area (Å²) in [4.78, 5) is 34.7. The molecule has 4 aromatic rings. The molecular weight excluding hydrogens is 282 g/mol. The molecule has 3 heterocycles. The summed E-state index contributed by atoms with van der Waals surface area (Å²) in [5, 5.41) is 1.06. The number of aromatic nitrogens is 5. The Balaban J connectivity index is 2.04. The molecule has 0 radical (unpaired) electrons. The molecule has 3 aromatic heterocycles. The van der Waals surface area contributed by atoms with E-state index in [2.05, 4.69) is 15.0 Å². The van der Waals surface area contributed by atoms with Crippen molar-refractivity contribution in [2.75, 3.05) is 0 Å². The van der Waals surface area contributed by atoms with Crippen molar-refractivity contribution in [3.63, 3.8) is 0 Å². The van der Waals surface area contributed by atoms with Crippen LogP contribution in [0.2, 0.25) is 0 Å². The van der Waals surface area contributed by atoms with Gasteiger partial charge in [0.1, 0.15) is 11.3 Å². The molecule has 0 bridgehead atoms. The molecule has 0 amide bonds. The summed E-state index contributed by atoms with van der Waals surface area (Å²) in [5.74, 6) is 0.566. The van der Waals surface area contributed by atoms with E-state index in [1.807, 2.05) is 30.5 Å². The molecule has 0 aliphatic rings.